The number of carbonyl (C=O) groups is 2. The van der Waals surface area contributed by atoms with Gasteiger partial charge in [0, 0.05) is 25.3 Å². The van der Waals surface area contributed by atoms with Crippen LogP contribution >= 0.6 is 11.3 Å². The Hall–Kier alpha value is -1.67. The number of hydrogen-bond acceptors (Lipinski definition) is 4. The number of anilines is 1. The van der Waals surface area contributed by atoms with E-state index < -0.39 is 0 Å². The number of fused-ring (bicyclic) bond motifs is 1. The molecule has 0 aromatic carbocycles. The van der Waals surface area contributed by atoms with Crippen molar-refractivity contribution >= 4 is 28.2 Å². The number of nitrogens with zero attached hydrogens (tertiary/aromatic N) is 2. The number of thiazole rings is 1. The monoisotopic (exact) mass is 288 g/mol. The van der Waals surface area contributed by atoms with Crippen molar-refractivity contribution in [2.75, 3.05) is 11.4 Å². The summed E-state index contributed by atoms with van der Waals surface area (Å²) in [6.07, 6.45) is 7.09. The molecule has 20 heavy (non-hydrogen) atoms. The van der Waals surface area contributed by atoms with Crippen LogP contribution in [0.5, 0.6) is 0 Å². The average molecular weight is 288 g/mol. The van der Waals surface area contributed by atoms with E-state index >= 15 is 0 Å². The van der Waals surface area contributed by atoms with E-state index in [0.29, 0.717) is 24.5 Å². The lowest BCUT2D eigenvalue weighted by molar-refractivity contribution is -0.117. The molecule has 0 bridgehead atoms. The summed E-state index contributed by atoms with van der Waals surface area (Å²) in [4.78, 5) is 31.0. The fraction of sp³-hybridized carbons (Fsp3) is 0.533. The highest BCUT2D eigenvalue weighted by atomic mass is 32.1. The quantitative estimate of drug-likeness (QED) is 0.745. The van der Waals surface area contributed by atoms with E-state index in [1.165, 1.54) is 11.3 Å². The van der Waals surface area contributed by atoms with Crippen molar-refractivity contribution in [1.29, 1.82) is 0 Å². The Bertz CT molecular complexity index is 639. The lowest BCUT2D eigenvalue weighted by Crippen LogP contribution is -2.26. The van der Waals surface area contributed by atoms with Gasteiger partial charge in [-0.1, -0.05) is 25.2 Å². The Morgan fingerprint density at radius 2 is 2.15 bits per heavy atom. The minimum absolute atomic E-state index is 0.00533. The van der Waals surface area contributed by atoms with Crippen LogP contribution in [0, 0.1) is 23.7 Å². The number of rotatable bonds is 1. The van der Waals surface area contributed by atoms with Gasteiger partial charge in [0.25, 0.3) is 0 Å². The van der Waals surface area contributed by atoms with Crippen molar-refractivity contribution in [2.45, 2.75) is 33.1 Å². The summed E-state index contributed by atoms with van der Waals surface area (Å²) in [5.41, 5.74) is 0.786. The lowest BCUT2D eigenvalue weighted by Gasteiger charge is -2.26. The summed E-state index contributed by atoms with van der Waals surface area (Å²) < 4.78 is 0. The number of carbonyl (C=O) groups excluding carboxylic acids is 2. The van der Waals surface area contributed by atoms with Crippen molar-refractivity contribution < 1.29 is 9.59 Å². The Kier molecular flexibility index (Phi) is 2.94. The number of Topliss-reactive ketones (excluding diaryl/α,β-unsaturated/α-hetero) is 1. The van der Waals surface area contributed by atoms with Crippen LogP contribution < -0.4 is 4.90 Å². The fourth-order valence-corrected chi connectivity index (χ4v) is 3.87. The molecule has 1 aromatic rings. The minimum atomic E-state index is -0.0498. The second-order valence-electron chi connectivity index (χ2n) is 6.29. The van der Waals surface area contributed by atoms with Gasteiger partial charge in [0.05, 0.1) is 10.6 Å². The molecule has 104 valence electrons. The van der Waals surface area contributed by atoms with Gasteiger partial charge in [0.2, 0.25) is 5.91 Å². The topological polar surface area (TPSA) is 50.3 Å². The Morgan fingerprint density at radius 1 is 1.40 bits per heavy atom. The van der Waals surface area contributed by atoms with Gasteiger partial charge in [0.15, 0.2) is 10.9 Å². The smallest absolute Gasteiger partial charge is 0.230 e. The maximum Gasteiger partial charge on any atom is 0.230 e. The number of amides is 1. The zero-order valence-corrected chi connectivity index (χ0v) is 12.4. The molecule has 2 aliphatic rings. The van der Waals surface area contributed by atoms with E-state index in [-0.39, 0.29) is 23.0 Å². The zero-order valence-electron chi connectivity index (χ0n) is 11.6. The molecule has 3 rings (SSSR count). The highest BCUT2D eigenvalue weighted by molar-refractivity contribution is 7.17. The van der Waals surface area contributed by atoms with Crippen molar-refractivity contribution in [1.82, 2.24) is 4.98 Å². The van der Waals surface area contributed by atoms with Crippen molar-refractivity contribution in [3.8, 4) is 12.3 Å². The Morgan fingerprint density at radius 3 is 2.80 bits per heavy atom. The molecule has 4 nitrogen and oxygen atoms in total. The molecule has 0 spiro atoms. The van der Waals surface area contributed by atoms with Crippen LogP contribution in [0.25, 0.3) is 0 Å². The predicted octanol–water partition coefficient (Wildman–Crippen LogP) is 2.28. The second-order valence-corrected chi connectivity index (χ2v) is 7.26. The van der Waals surface area contributed by atoms with Gasteiger partial charge in [0.1, 0.15) is 0 Å². The molecule has 1 saturated heterocycles. The van der Waals surface area contributed by atoms with E-state index in [0.717, 1.165) is 17.0 Å². The molecule has 0 radical (unpaired) electrons. The second kappa shape index (κ2) is 4.42. The third-order valence-corrected chi connectivity index (χ3v) is 4.98. The van der Waals surface area contributed by atoms with E-state index in [1.54, 1.807) is 4.90 Å². The van der Waals surface area contributed by atoms with Crippen LogP contribution in [0.2, 0.25) is 0 Å². The van der Waals surface area contributed by atoms with Crippen LogP contribution in [0.3, 0.4) is 0 Å². The SMILES string of the molecule is C#CC1CC(=O)N(c2nc3c(s2)C(=O)CC(C)(C)C3)C1. The molecule has 0 saturated carbocycles. The fourth-order valence-electron chi connectivity index (χ4n) is 2.83. The maximum atomic E-state index is 12.2. The van der Waals surface area contributed by atoms with Gasteiger partial charge in [-0.2, -0.15) is 0 Å². The molecule has 1 aromatic heterocycles. The molecule has 2 heterocycles. The van der Waals surface area contributed by atoms with Gasteiger partial charge in [-0.05, 0) is 11.8 Å². The first-order valence-electron chi connectivity index (χ1n) is 6.69. The van der Waals surface area contributed by atoms with Crippen LogP contribution in [0.4, 0.5) is 5.13 Å². The highest BCUT2D eigenvalue weighted by Gasteiger charge is 2.37. The zero-order chi connectivity index (χ0) is 14.5. The van der Waals surface area contributed by atoms with E-state index in [9.17, 15) is 9.59 Å². The summed E-state index contributed by atoms with van der Waals surface area (Å²) in [6, 6.07) is 0. The van der Waals surface area contributed by atoms with Crippen LogP contribution in [-0.2, 0) is 11.2 Å². The summed E-state index contributed by atoms with van der Waals surface area (Å²) >= 11 is 1.33. The van der Waals surface area contributed by atoms with Gasteiger partial charge in [-0.25, -0.2) is 4.98 Å². The molecule has 1 aliphatic carbocycles. The first kappa shape index (κ1) is 13.3. The van der Waals surface area contributed by atoms with E-state index in [4.69, 9.17) is 6.42 Å². The third-order valence-electron chi connectivity index (χ3n) is 3.82. The lowest BCUT2D eigenvalue weighted by atomic mass is 9.78. The third kappa shape index (κ3) is 2.14. The molecule has 1 fully saturated rings. The predicted molar refractivity (Wildman–Crippen MR) is 77.8 cm³/mol. The molecule has 1 aliphatic heterocycles. The molecule has 5 heteroatoms. The molecule has 1 amide bonds. The van der Waals surface area contributed by atoms with E-state index in [2.05, 4.69) is 24.8 Å². The molecule has 1 unspecified atom stereocenters. The summed E-state index contributed by atoms with van der Waals surface area (Å²) in [6.45, 7) is 4.66. The summed E-state index contributed by atoms with van der Waals surface area (Å²) in [5.74, 6) is 2.72. The van der Waals surface area contributed by atoms with Crippen molar-refractivity contribution in [3.63, 3.8) is 0 Å². The van der Waals surface area contributed by atoms with Gasteiger partial charge < -0.3 is 0 Å². The first-order valence-corrected chi connectivity index (χ1v) is 7.51. The first-order chi connectivity index (χ1) is 9.39. The number of ketones is 1. The van der Waals surface area contributed by atoms with Gasteiger partial charge >= 0.3 is 0 Å². The summed E-state index contributed by atoms with van der Waals surface area (Å²) in [5, 5.41) is 0.629. The maximum absolute atomic E-state index is 12.2. The molecular weight excluding hydrogens is 272 g/mol. The van der Waals surface area contributed by atoms with Crippen LogP contribution in [-0.4, -0.2) is 23.2 Å². The normalized spacial score (nSPS) is 24.6. The molecular formula is C15H16N2O2S. The van der Waals surface area contributed by atoms with Crippen LogP contribution in [0.1, 0.15) is 42.1 Å². The molecule has 0 N–H and O–H groups in total. The minimum Gasteiger partial charge on any atom is -0.293 e. The summed E-state index contributed by atoms with van der Waals surface area (Å²) in [7, 11) is 0. The largest absolute Gasteiger partial charge is 0.293 e. The number of aromatic nitrogens is 1. The van der Waals surface area contributed by atoms with Crippen molar-refractivity contribution in [3.05, 3.63) is 10.6 Å². The van der Waals surface area contributed by atoms with Gasteiger partial charge in [-0.15, -0.1) is 12.3 Å². The molecule has 1 atom stereocenters. The number of terminal acetylenes is 1. The Balaban J connectivity index is 1.93. The standard InChI is InChI=1S/C15H16N2O2S/c1-4-9-5-12(19)17(8-9)14-16-10-6-15(2,3)7-11(18)13(10)20-14/h1,9H,5-8H2,2-3H3. The average Bonchev–Trinajstić information content (AvgIpc) is 2.90. The van der Waals surface area contributed by atoms with E-state index in [1.807, 2.05) is 0 Å². The number of hydrogen-bond donors (Lipinski definition) is 0. The van der Waals surface area contributed by atoms with Gasteiger partial charge in [-0.3, -0.25) is 14.5 Å². The highest BCUT2D eigenvalue weighted by Crippen LogP contribution is 2.40. The van der Waals surface area contributed by atoms with Crippen LogP contribution in [0.15, 0.2) is 0 Å². The Labute approximate surface area is 122 Å². The van der Waals surface area contributed by atoms with Crippen molar-refractivity contribution in [2.24, 2.45) is 11.3 Å².